The molecule has 0 fully saturated rings. The Bertz CT molecular complexity index is 1230. The Morgan fingerprint density at radius 1 is 1.16 bits per heavy atom. The highest BCUT2D eigenvalue weighted by Crippen LogP contribution is 2.27. The maximum Gasteiger partial charge on any atom is 0.254 e. The van der Waals surface area contributed by atoms with E-state index in [2.05, 4.69) is 5.10 Å². The number of fused-ring (bicyclic) bond motifs is 1. The van der Waals surface area contributed by atoms with Crippen LogP contribution in [0.2, 0.25) is 0 Å². The van der Waals surface area contributed by atoms with Crippen LogP contribution in [0.3, 0.4) is 0 Å². The number of para-hydroxylation sites is 1. The average molecular weight is 418 g/mol. The highest BCUT2D eigenvalue weighted by Gasteiger charge is 2.19. The summed E-state index contributed by atoms with van der Waals surface area (Å²) in [6.45, 7) is 2.60. The molecule has 0 saturated heterocycles. The van der Waals surface area contributed by atoms with Gasteiger partial charge in [0.1, 0.15) is 18.2 Å². The third-order valence-corrected chi connectivity index (χ3v) is 5.09. The molecule has 0 N–H and O–H groups in total. The first-order valence-electron chi connectivity index (χ1n) is 9.96. The molecule has 0 saturated carbocycles. The summed E-state index contributed by atoms with van der Waals surface area (Å²) in [5.74, 6) is 0.124. The van der Waals surface area contributed by atoms with Gasteiger partial charge in [0, 0.05) is 31.2 Å². The molecule has 2 heterocycles. The lowest BCUT2D eigenvalue weighted by atomic mass is 10.0. The SMILES string of the molecule is Cc1nn(C)cc1-c1cc(C(=O)N(C)CCOc2ccc(F)cc2)c2ccccc2n1. The number of hydrogen-bond acceptors (Lipinski definition) is 4. The van der Waals surface area contributed by atoms with E-state index in [0.29, 0.717) is 30.2 Å². The minimum absolute atomic E-state index is 0.121. The van der Waals surface area contributed by atoms with Crippen LogP contribution in [0.15, 0.2) is 60.8 Å². The Balaban J connectivity index is 1.58. The number of hydrogen-bond donors (Lipinski definition) is 0. The van der Waals surface area contributed by atoms with Gasteiger partial charge in [0.25, 0.3) is 5.91 Å². The van der Waals surface area contributed by atoms with Crippen LogP contribution in [-0.4, -0.2) is 45.8 Å². The molecule has 4 aromatic rings. The Labute approximate surface area is 179 Å². The zero-order valence-electron chi connectivity index (χ0n) is 17.7. The van der Waals surface area contributed by atoms with Crippen molar-refractivity contribution < 1.29 is 13.9 Å². The summed E-state index contributed by atoms with van der Waals surface area (Å²) >= 11 is 0. The summed E-state index contributed by atoms with van der Waals surface area (Å²) in [4.78, 5) is 19.7. The van der Waals surface area contributed by atoms with Crippen LogP contribution >= 0.6 is 0 Å². The fourth-order valence-electron chi connectivity index (χ4n) is 3.48. The second kappa shape index (κ2) is 8.55. The molecule has 158 valence electrons. The maximum atomic E-state index is 13.3. The molecule has 2 aromatic carbocycles. The number of carbonyl (C=O) groups is 1. The second-order valence-corrected chi connectivity index (χ2v) is 7.40. The summed E-state index contributed by atoms with van der Waals surface area (Å²) in [5, 5.41) is 5.19. The summed E-state index contributed by atoms with van der Waals surface area (Å²) in [6.07, 6.45) is 1.90. The first-order valence-corrected chi connectivity index (χ1v) is 9.96. The minimum Gasteiger partial charge on any atom is -0.492 e. The van der Waals surface area contributed by atoms with Gasteiger partial charge < -0.3 is 9.64 Å². The molecular weight excluding hydrogens is 395 g/mol. The van der Waals surface area contributed by atoms with Crippen molar-refractivity contribution in [3.05, 3.63) is 77.9 Å². The smallest absolute Gasteiger partial charge is 0.254 e. The molecule has 0 aliphatic rings. The van der Waals surface area contributed by atoms with Gasteiger partial charge in [-0.1, -0.05) is 18.2 Å². The van der Waals surface area contributed by atoms with Crippen LogP contribution < -0.4 is 4.74 Å². The molecule has 1 amide bonds. The molecular formula is C24H23FN4O2. The standard InChI is InChI=1S/C24H23FN4O2/c1-16-21(15-29(3)27-16)23-14-20(19-6-4-5-7-22(19)26-23)24(30)28(2)12-13-31-18-10-8-17(25)9-11-18/h4-11,14-15H,12-13H2,1-3H3. The largest absolute Gasteiger partial charge is 0.492 e. The zero-order valence-corrected chi connectivity index (χ0v) is 17.7. The van der Waals surface area contributed by atoms with Crippen LogP contribution in [0.4, 0.5) is 4.39 Å². The van der Waals surface area contributed by atoms with Gasteiger partial charge in [0.05, 0.1) is 29.0 Å². The molecule has 0 unspecified atom stereocenters. The van der Waals surface area contributed by atoms with Gasteiger partial charge in [-0.05, 0) is 43.3 Å². The summed E-state index contributed by atoms with van der Waals surface area (Å²) in [5.41, 5.74) is 3.79. The van der Waals surface area contributed by atoms with Gasteiger partial charge in [-0.3, -0.25) is 9.48 Å². The van der Waals surface area contributed by atoms with Gasteiger partial charge in [0.2, 0.25) is 0 Å². The number of pyridine rings is 1. The molecule has 7 heteroatoms. The number of aromatic nitrogens is 3. The lowest BCUT2D eigenvalue weighted by Crippen LogP contribution is -2.31. The van der Waals surface area contributed by atoms with E-state index in [0.717, 1.165) is 22.2 Å². The predicted molar refractivity (Wildman–Crippen MR) is 118 cm³/mol. The Hall–Kier alpha value is -3.74. The lowest BCUT2D eigenvalue weighted by molar-refractivity contribution is 0.0775. The van der Waals surface area contributed by atoms with E-state index in [1.54, 1.807) is 28.8 Å². The monoisotopic (exact) mass is 418 g/mol. The number of ether oxygens (including phenoxy) is 1. The molecule has 0 aliphatic carbocycles. The summed E-state index contributed by atoms with van der Waals surface area (Å²) in [6, 6.07) is 15.2. The molecule has 0 spiro atoms. The topological polar surface area (TPSA) is 60.2 Å². The summed E-state index contributed by atoms with van der Waals surface area (Å²) < 4.78 is 20.4. The van der Waals surface area contributed by atoms with Crippen molar-refractivity contribution >= 4 is 16.8 Å². The van der Waals surface area contributed by atoms with Crippen LogP contribution in [0, 0.1) is 12.7 Å². The highest BCUT2D eigenvalue weighted by molar-refractivity contribution is 6.07. The van der Waals surface area contributed by atoms with Crippen LogP contribution in [0.25, 0.3) is 22.2 Å². The molecule has 0 radical (unpaired) electrons. The van der Waals surface area contributed by atoms with E-state index in [9.17, 15) is 9.18 Å². The normalized spacial score (nSPS) is 11.0. The molecule has 6 nitrogen and oxygen atoms in total. The van der Waals surface area contributed by atoms with Crippen molar-refractivity contribution in [1.82, 2.24) is 19.7 Å². The van der Waals surface area contributed by atoms with Crippen LogP contribution in [0.5, 0.6) is 5.75 Å². The zero-order chi connectivity index (χ0) is 22.0. The first kappa shape index (κ1) is 20.5. The fourth-order valence-corrected chi connectivity index (χ4v) is 3.48. The molecule has 0 atom stereocenters. The minimum atomic E-state index is -0.316. The molecule has 31 heavy (non-hydrogen) atoms. The van der Waals surface area contributed by atoms with Crippen molar-refractivity contribution in [2.45, 2.75) is 6.92 Å². The second-order valence-electron chi connectivity index (χ2n) is 7.40. The number of rotatable bonds is 6. The quantitative estimate of drug-likeness (QED) is 0.470. The number of carbonyl (C=O) groups excluding carboxylic acids is 1. The third kappa shape index (κ3) is 4.40. The van der Waals surface area contributed by atoms with E-state index < -0.39 is 0 Å². The van der Waals surface area contributed by atoms with Crippen LogP contribution in [-0.2, 0) is 7.05 Å². The van der Waals surface area contributed by atoms with Crippen molar-refractivity contribution in [2.75, 3.05) is 20.2 Å². The summed E-state index contributed by atoms with van der Waals surface area (Å²) in [7, 11) is 3.60. The average Bonchev–Trinajstić information content (AvgIpc) is 3.11. The van der Waals surface area contributed by atoms with Gasteiger partial charge in [-0.25, -0.2) is 9.37 Å². The Morgan fingerprint density at radius 2 is 1.90 bits per heavy atom. The molecule has 4 rings (SSSR count). The molecule has 2 aromatic heterocycles. The van der Waals surface area contributed by atoms with Crippen molar-refractivity contribution in [1.29, 1.82) is 0 Å². The van der Waals surface area contributed by atoms with E-state index in [1.807, 2.05) is 50.5 Å². The van der Waals surface area contributed by atoms with Crippen molar-refractivity contribution in [3.63, 3.8) is 0 Å². The number of nitrogens with zero attached hydrogens (tertiary/aromatic N) is 4. The highest BCUT2D eigenvalue weighted by atomic mass is 19.1. The number of halogens is 1. The number of aryl methyl sites for hydroxylation is 2. The van der Waals surface area contributed by atoms with Gasteiger partial charge >= 0.3 is 0 Å². The number of amides is 1. The molecule has 0 bridgehead atoms. The molecule has 0 aliphatic heterocycles. The number of benzene rings is 2. The predicted octanol–water partition coefficient (Wildman–Crippen LogP) is 4.23. The van der Waals surface area contributed by atoms with E-state index in [-0.39, 0.29) is 11.7 Å². The van der Waals surface area contributed by atoms with Crippen LogP contribution in [0.1, 0.15) is 16.1 Å². The van der Waals surface area contributed by atoms with E-state index >= 15 is 0 Å². The first-order chi connectivity index (χ1) is 14.9. The fraction of sp³-hybridized carbons (Fsp3) is 0.208. The lowest BCUT2D eigenvalue weighted by Gasteiger charge is -2.19. The van der Waals surface area contributed by atoms with Gasteiger partial charge in [-0.15, -0.1) is 0 Å². The third-order valence-electron chi connectivity index (χ3n) is 5.09. The maximum absolute atomic E-state index is 13.3. The van der Waals surface area contributed by atoms with E-state index in [4.69, 9.17) is 9.72 Å². The van der Waals surface area contributed by atoms with E-state index in [1.165, 1.54) is 12.1 Å². The van der Waals surface area contributed by atoms with Gasteiger partial charge in [-0.2, -0.15) is 5.10 Å². The Morgan fingerprint density at radius 3 is 2.61 bits per heavy atom. The number of likely N-dealkylation sites (N-methyl/N-ethyl adjacent to an activating group) is 1. The Kier molecular flexibility index (Phi) is 5.66. The van der Waals surface area contributed by atoms with Crippen molar-refractivity contribution in [3.8, 4) is 17.0 Å². The van der Waals surface area contributed by atoms with Gasteiger partial charge in [0.15, 0.2) is 0 Å². The van der Waals surface area contributed by atoms with Crippen molar-refractivity contribution in [2.24, 2.45) is 7.05 Å².